The fraction of sp³-hybridized carbons (Fsp3) is 0.600. The summed E-state index contributed by atoms with van der Waals surface area (Å²) in [4.78, 5) is 0. The Hall–Kier alpha value is -0.780. The molecule has 0 atom stereocenters. The first kappa shape index (κ1) is 10.7. The minimum atomic E-state index is 0.654. The number of rotatable bonds is 4. The number of hydrogen-bond donors (Lipinski definition) is 0. The molecule has 0 aliphatic heterocycles. The molecular formula is C15H22. The van der Waals surface area contributed by atoms with E-state index in [2.05, 4.69) is 45.0 Å². The van der Waals surface area contributed by atoms with Crippen LogP contribution in [0.3, 0.4) is 0 Å². The highest BCUT2D eigenvalue weighted by Crippen LogP contribution is 2.48. The van der Waals surface area contributed by atoms with Crippen molar-refractivity contribution in [2.45, 2.75) is 52.4 Å². The van der Waals surface area contributed by atoms with Crippen molar-refractivity contribution in [3.63, 3.8) is 0 Å². The molecule has 0 amide bonds. The summed E-state index contributed by atoms with van der Waals surface area (Å²) in [6.45, 7) is 6.95. The highest BCUT2D eigenvalue weighted by atomic mass is 14.4. The van der Waals surface area contributed by atoms with E-state index < -0.39 is 0 Å². The second-order valence-corrected chi connectivity index (χ2v) is 5.71. The van der Waals surface area contributed by atoms with Crippen molar-refractivity contribution in [3.05, 3.63) is 35.4 Å². The average molecular weight is 202 g/mol. The molecule has 0 saturated heterocycles. The Kier molecular flexibility index (Phi) is 2.86. The monoisotopic (exact) mass is 202 g/mol. The molecule has 0 radical (unpaired) electrons. The molecular weight excluding hydrogens is 180 g/mol. The molecule has 1 aromatic rings. The SMILES string of the molecule is CC(C)c1cccc(CCC2(C)CC2)c1. The van der Waals surface area contributed by atoms with Gasteiger partial charge < -0.3 is 0 Å². The van der Waals surface area contributed by atoms with E-state index in [1.54, 1.807) is 0 Å². The van der Waals surface area contributed by atoms with Crippen LogP contribution in [0.1, 0.15) is 57.1 Å². The fourth-order valence-electron chi connectivity index (χ4n) is 2.02. The van der Waals surface area contributed by atoms with Crippen LogP contribution in [0.25, 0.3) is 0 Å². The van der Waals surface area contributed by atoms with E-state index in [-0.39, 0.29) is 0 Å². The minimum Gasteiger partial charge on any atom is -0.0617 e. The Morgan fingerprint density at radius 3 is 2.60 bits per heavy atom. The van der Waals surface area contributed by atoms with Crippen molar-refractivity contribution >= 4 is 0 Å². The van der Waals surface area contributed by atoms with Gasteiger partial charge in [0.1, 0.15) is 0 Å². The molecule has 1 saturated carbocycles. The third kappa shape index (κ3) is 2.84. The smallest absolute Gasteiger partial charge is 0.0219 e. The molecule has 0 heterocycles. The van der Waals surface area contributed by atoms with Gasteiger partial charge in [-0.2, -0.15) is 0 Å². The van der Waals surface area contributed by atoms with Crippen LogP contribution < -0.4 is 0 Å². The van der Waals surface area contributed by atoms with E-state index in [1.165, 1.54) is 36.8 Å². The lowest BCUT2D eigenvalue weighted by molar-refractivity contribution is 0.518. The molecule has 0 N–H and O–H groups in total. The zero-order valence-corrected chi connectivity index (χ0v) is 10.2. The highest BCUT2D eigenvalue weighted by Gasteiger charge is 2.36. The van der Waals surface area contributed by atoms with Gasteiger partial charge in [-0.3, -0.25) is 0 Å². The van der Waals surface area contributed by atoms with Crippen LogP contribution in [0, 0.1) is 5.41 Å². The summed E-state index contributed by atoms with van der Waals surface area (Å²) < 4.78 is 0. The molecule has 1 fully saturated rings. The summed E-state index contributed by atoms with van der Waals surface area (Å²) in [6, 6.07) is 9.11. The summed E-state index contributed by atoms with van der Waals surface area (Å²) in [7, 11) is 0. The van der Waals surface area contributed by atoms with Gasteiger partial charge in [-0.25, -0.2) is 0 Å². The van der Waals surface area contributed by atoms with E-state index in [0.29, 0.717) is 11.3 Å². The number of benzene rings is 1. The van der Waals surface area contributed by atoms with Crippen LogP contribution in [-0.2, 0) is 6.42 Å². The van der Waals surface area contributed by atoms with Crippen LogP contribution >= 0.6 is 0 Å². The predicted molar refractivity (Wildman–Crippen MR) is 66.2 cm³/mol. The zero-order valence-electron chi connectivity index (χ0n) is 10.2. The Morgan fingerprint density at radius 2 is 2.00 bits per heavy atom. The Balaban J connectivity index is 1.98. The molecule has 0 spiro atoms. The lowest BCUT2D eigenvalue weighted by Crippen LogP contribution is -1.97. The maximum Gasteiger partial charge on any atom is -0.0219 e. The normalized spacial score (nSPS) is 18.1. The summed E-state index contributed by atoms with van der Waals surface area (Å²) in [5, 5.41) is 0. The van der Waals surface area contributed by atoms with Gasteiger partial charge in [-0.15, -0.1) is 0 Å². The molecule has 0 bridgehead atoms. The van der Waals surface area contributed by atoms with Crippen molar-refractivity contribution in [1.82, 2.24) is 0 Å². The van der Waals surface area contributed by atoms with Gasteiger partial charge in [-0.1, -0.05) is 45.0 Å². The largest absolute Gasteiger partial charge is 0.0617 e. The van der Waals surface area contributed by atoms with Crippen molar-refractivity contribution in [3.8, 4) is 0 Å². The Labute approximate surface area is 93.7 Å². The van der Waals surface area contributed by atoms with Crippen LogP contribution in [0.5, 0.6) is 0 Å². The molecule has 1 aliphatic rings. The van der Waals surface area contributed by atoms with Gasteiger partial charge in [0, 0.05) is 0 Å². The van der Waals surface area contributed by atoms with E-state index in [1.807, 2.05) is 0 Å². The maximum absolute atomic E-state index is 2.42. The zero-order chi connectivity index (χ0) is 10.9. The lowest BCUT2D eigenvalue weighted by atomic mass is 9.95. The quantitative estimate of drug-likeness (QED) is 0.672. The maximum atomic E-state index is 2.42. The van der Waals surface area contributed by atoms with Crippen molar-refractivity contribution < 1.29 is 0 Å². The molecule has 15 heavy (non-hydrogen) atoms. The summed E-state index contributed by atoms with van der Waals surface area (Å²) in [5.41, 5.74) is 3.69. The van der Waals surface area contributed by atoms with E-state index in [9.17, 15) is 0 Å². The van der Waals surface area contributed by atoms with Gasteiger partial charge in [0.05, 0.1) is 0 Å². The van der Waals surface area contributed by atoms with Gasteiger partial charge in [-0.05, 0) is 48.1 Å². The molecule has 0 unspecified atom stereocenters. The van der Waals surface area contributed by atoms with Crippen molar-refractivity contribution in [2.24, 2.45) is 5.41 Å². The topological polar surface area (TPSA) is 0 Å². The number of hydrogen-bond acceptors (Lipinski definition) is 0. The molecule has 0 nitrogen and oxygen atoms in total. The van der Waals surface area contributed by atoms with E-state index in [0.717, 1.165) is 0 Å². The molecule has 82 valence electrons. The second-order valence-electron chi connectivity index (χ2n) is 5.71. The first-order chi connectivity index (χ1) is 7.09. The highest BCUT2D eigenvalue weighted by molar-refractivity contribution is 5.26. The van der Waals surface area contributed by atoms with Crippen LogP contribution in [0.2, 0.25) is 0 Å². The minimum absolute atomic E-state index is 0.654. The lowest BCUT2D eigenvalue weighted by Gasteiger charge is -2.10. The third-order valence-electron chi connectivity index (χ3n) is 3.74. The number of aryl methyl sites for hydroxylation is 1. The van der Waals surface area contributed by atoms with Gasteiger partial charge in [0.15, 0.2) is 0 Å². The van der Waals surface area contributed by atoms with Crippen molar-refractivity contribution in [2.75, 3.05) is 0 Å². The standard InChI is InChI=1S/C15H22/c1-12(2)14-6-4-5-13(11-14)7-8-15(3)9-10-15/h4-6,11-12H,7-10H2,1-3H3. The third-order valence-corrected chi connectivity index (χ3v) is 3.74. The Bertz CT molecular complexity index is 332. The Morgan fingerprint density at radius 1 is 1.27 bits per heavy atom. The molecule has 1 aliphatic carbocycles. The first-order valence-corrected chi connectivity index (χ1v) is 6.18. The van der Waals surface area contributed by atoms with Gasteiger partial charge in [0.25, 0.3) is 0 Å². The van der Waals surface area contributed by atoms with Gasteiger partial charge >= 0.3 is 0 Å². The molecule has 2 rings (SSSR count). The second kappa shape index (κ2) is 4.00. The van der Waals surface area contributed by atoms with E-state index >= 15 is 0 Å². The molecule has 1 aromatic carbocycles. The van der Waals surface area contributed by atoms with Crippen LogP contribution in [-0.4, -0.2) is 0 Å². The van der Waals surface area contributed by atoms with Gasteiger partial charge in [0.2, 0.25) is 0 Å². The molecule has 0 heteroatoms. The van der Waals surface area contributed by atoms with Crippen molar-refractivity contribution in [1.29, 1.82) is 0 Å². The van der Waals surface area contributed by atoms with E-state index in [4.69, 9.17) is 0 Å². The fourth-order valence-corrected chi connectivity index (χ4v) is 2.02. The summed E-state index contributed by atoms with van der Waals surface area (Å²) in [6.07, 6.45) is 5.51. The summed E-state index contributed by atoms with van der Waals surface area (Å²) >= 11 is 0. The average Bonchev–Trinajstić information content (AvgIpc) is 2.95. The summed E-state index contributed by atoms with van der Waals surface area (Å²) in [5.74, 6) is 0.654. The van der Waals surface area contributed by atoms with Crippen LogP contribution in [0.15, 0.2) is 24.3 Å². The first-order valence-electron chi connectivity index (χ1n) is 6.18. The molecule has 0 aromatic heterocycles. The van der Waals surface area contributed by atoms with Crippen LogP contribution in [0.4, 0.5) is 0 Å². The predicted octanol–water partition coefficient (Wildman–Crippen LogP) is 4.54.